The number of thioether (sulfide) groups is 1. The minimum absolute atomic E-state index is 0.128. The van der Waals surface area contributed by atoms with Gasteiger partial charge in [0.2, 0.25) is 0 Å². The molecule has 0 amide bonds. The summed E-state index contributed by atoms with van der Waals surface area (Å²) < 4.78 is 14.0. The van der Waals surface area contributed by atoms with Crippen molar-refractivity contribution in [2.45, 2.75) is 10.6 Å². The van der Waals surface area contributed by atoms with Crippen molar-refractivity contribution < 1.29 is 4.39 Å². The summed E-state index contributed by atoms with van der Waals surface area (Å²) in [6, 6.07) is 18.0. The number of aromatic nitrogens is 1. The second kappa shape index (κ2) is 4.37. The van der Waals surface area contributed by atoms with Crippen molar-refractivity contribution in [3.05, 3.63) is 66.0 Å². The van der Waals surface area contributed by atoms with E-state index in [1.807, 2.05) is 6.07 Å². The molecular formula is C19H12FNS. The molecule has 0 unspecified atom stereocenters. The van der Waals surface area contributed by atoms with Gasteiger partial charge in [0.25, 0.3) is 0 Å². The fraction of sp³-hybridized carbons (Fsp3) is 0.0526. The molecule has 3 aromatic carbocycles. The van der Waals surface area contributed by atoms with Gasteiger partial charge in [0.1, 0.15) is 5.82 Å². The Morgan fingerprint density at radius 3 is 2.77 bits per heavy atom. The average molecular weight is 305 g/mol. The zero-order valence-corrected chi connectivity index (χ0v) is 12.5. The highest BCUT2D eigenvalue weighted by molar-refractivity contribution is 7.98. The molecule has 1 aromatic heterocycles. The third-order valence-electron chi connectivity index (χ3n) is 4.40. The summed E-state index contributed by atoms with van der Waals surface area (Å²) >= 11 is 1.59. The van der Waals surface area contributed by atoms with Crippen LogP contribution in [-0.4, -0.2) is 4.98 Å². The van der Waals surface area contributed by atoms with Gasteiger partial charge in [-0.15, -0.1) is 11.8 Å². The van der Waals surface area contributed by atoms with Crippen molar-refractivity contribution in [1.82, 2.24) is 4.98 Å². The number of hydrogen-bond acceptors (Lipinski definition) is 1. The van der Waals surface area contributed by atoms with Gasteiger partial charge in [-0.2, -0.15) is 0 Å². The minimum Gasteiger partial charge on any atom is -0.354 e. The molecule has 0 saturated heterocycles. The van der Waals surface area contributed by atoms with Gasteiger partial charge in [-0.05, 0) is 17.0 Å². The van der Waals surface area contributed by atoms with Crippen LogP contribution in [0, 0.1) is 5.82 Å². The molecule has 0 saturated carbocycles. The van der Waals surface area contributed by atoms with E-state index >= 15 is 0 Å². The van der Waals surface area contributed by atoms with Crippen LogP contribution in [0.1, 0.15) is 5.56 Å². The standard InChI is InChI=1S/C19H12FNS/c20-16-7-3-6-14-18-15(10-22-19(14)16)13-9-8-11-4-1-2-5-12(11)17(13)21-18/h1-9,21H,10H2. The quantitative estimate of drug-likeness (QED) is 0.438. The fourth-order valence-electron chi connectivity index (χ4n) is 3.37. The van der Waals surface area contributed by atoms with Gasteiger partial charge in [0.05, 0.1) is 16.1 Å². The first-order chi connectivity index (χ1) is 10.8. The highest BCUT2D eigenvalue weighted by Gasteiger charge is 2.23. The zero-order valence-electron chi connectivity index (χ0n) is 11.7. The molecule has 1 aliphatic heterocycles. The predicted octanol–water partition coefficient (Wildman–Crippen LogP) is 5.73. The second-order valence-electron chi connectivity index (χ2n) is 5.59. The van der Waals surface area contributed by atoms with Crippen LogP contribution in [0.2, 0.25) is 0 Å². The Balaban J connectivity index is 1.92. The summed E-state index contributed by atoms with van der Waals surface area (Å²) in [5.41, 5.74) is 4.48. The van der Waals surface area contributed by atoms with Gasteiger partial charge >= 0.3 is 0 Å². The second-order valence-corrected chi connectivity index (χ2v) is 6.58. The molecule has 4 aromatic rings. The smallest absolute Gasteiger partial charge is 0.137 e. The molecular weight excluding hydrogens is 293 g/mol. The number of H-pyrrole nitrogens is 1. The van der Waals surface area contributed by atoms with Gasteiger partial charge in [-0.3, -0.25) is 0 Å². The van der Waals surface area contributed by atoms with Gasteiger partial charge in [-0.1, -0.05) is 48.5 Å². The molecule has 0 aliphatic carbocycles. The normalized spacial score (nSPS) is 13.3. The molecule has 0 spiro atoms. The summed E-state index contributed by atoms with van der Waals surface area (Å²) in [5.74, 6) is 0.679. The first-order valence-electron chi connectivity index (χ1n) is 7.27. The maximum absolute atomic E-state index is 14.0. The first kappa shape index (κ1) is 12.3. The summed E-state index contributed by atoms with van der Waals surface area (Å²) in [5, 5.41) is 3.69. The third-order valence-corrected chi connectivity index (χ3v) is 5.54. The number of nitrogens with one attached hydrogen (secondary N) is 1. The van der Waals surface area contributed by atoms with Crippen molar-refractivity contribution in [2.24, 2.45) is 0 Å². The largest absolute Gasteiger partial charge is 0.354 e. The molecule has 0 fully saturated rings. The third kappa shape index (κ3) is 1.54. The molecule has 5 rings (SSSR count). The molecule has 3 heteroatoms. The van der Waals surface area contributed by atoms with Crippen LogP contribution < -0.4 is 0 Å². The lowest BCUT2D eigenvalue weighted by atomic mass is 10.0. The van der Waals surface area contributed by atoms with Crippen molar-refractivity contribution >= 4 is 33.4 Å². The average Bonchev–Trinajstić information content (AvgIpc) is 2.95. The Morgan fingerprint density at radius 2 is 1.82 bits per heavy atom. The molecule has 0 atom stereocenters. The maximum Gasteiger partial charge on any atom is 0.137 e. The Bertz CT molecular complexity index is 1050. The SMILES string of the molecule is Fc1cccc2c1SCc1c-2[nH]c2c1ccc1ccccc12. The van der Waals surface area contributed by atoms with Crippen molar-refractivity contribution in [3.63, 3.8) is 0 Å². The molecule has 1 nitrogen and oxygen atoms in total. The van der Waals surface area contributed by atoms with Crippen LogP contribution in [-0.2, 0) is 5.75 Å². The molecule has 1 N–H and O–H groups in total. The van der Waals surface area contributed by atoms with E-state index in [4.69, 9.17) is 0 Å². The molecule has 2 heterocycles. The number of hydrogen-bond donors (Lipinski definition) is 1. The molecule has 106 valence electrons. The van der Waals surface area contributed by atoms with Crippen LogP contribution in [0.3, 0.4) is 0 Å². The summed E-state index contributed by atoms with van der Waals surface area (Å²) in [6.07, 6.45) is 0. The zero-order chi connectivity index (χ0) is 14.7. The highest BCUT2D eigenvalue weighted by Crippen LogP contribution is 2.45. The topological polar surface area (TPSA) is 15.8 Å². The summed E-state index contributed by atoms with van der Waals surface area (Å²) in [7, 11) is 0. The number of halogens is 1. The molecule has 0 bridgehead atoms. The highest BCUT2D eigenvalue weighted by atomic mass is 32.2. The number of fused-ring (bicyclic) bond motifs is 7. The Morgan fingerprint density at radius 1 is 0.909 bits per heavy atom. The van der Waals surface area contributed by atoms with Crippen LogP contribution in [0.25, 0.3) is 32.9 Å². The van der Waals surface area contributed by atoms with Crippen LogP contribution in [0.15, 0.2) is 59.5 Å². The van der Waals surface area contributed by atoms with E-state index in [0.717, 1.165) is 27.4 Å². The van der Waals surface area contributed by atoms with E-state index in [9.17, 15) is 4.39 Å². The number of benzene rings is 3. The number of aromatic amines is 1. The van der Waals surface area contributed by atoms with Gasteiger partial charge in [0, 0.05) is 22.1 Å². The van der Waals surface area contributed by atoms with E-state index < -0.39 is 0 Å². The van der Waals surface area contributed by atoms with Gasteiger partial charge < -0.3 is 4.98 Å². The van der Waals surface area contributed by atoms with Crippen molar-refractivity contribution in [3.8, 4) is 11.3 Å². The molecule has 0 radical (unpaired) electrons. The van der Waals surface area contributed by atoms with Crippen LogP contribution in [0.4, 0.5) is 4.39 Å². The van der Waals surface area contributed by atoms with E-state index in [2.05, 4.69) is 41.4 Å². The molecule has 22 heavy (non-hydrogen) atoms. The van der Waals surface area contributed by atoms with E-state index in [-0.39, 0.29) is 5.82 Å². The Kier molecular flexibility index (Phi) is 2.44. The summed E-state index contributed by atoms with van der Waals surface area (Å²) in [6.45, 7) is 0. The lowest BCUT2D eigenvalue weighted by molar-refractivity contribution is 0.602. The lowest BCUT2D eigenvalue weighted by Crippen LogP contribution is -1.96. The van der Waals surface area contributed by atoms with Crippen molar-refractivity contribution in [1.29, 1.82) is 0 Å². The van der Waals surface area contributed by atoms with Crippen molar-refractivity contribution in [2.75, 3.05) is 0 Å². The summed E-state index contributed by atoms with van der Waals surface area (Å²) in [4.78, 5) is 4.32. The van der Waals surface area contributed by atoms with E-state index in [1.165, 1.54) is 27.8 Å². The Hall–Kier alpha value is -2.26. The van der Waals surface area contributed by atoms with Crippen LogP contribution >= 0.6 is 11.8 Å². The number of rotatable bonds is 0. The van der Waals surface area contributed by atoms with E-state index in [1.54, 1.807) is 17.8 Å². The van der Waals surface area contributed by atoms with Gasteiger partial charge in [0.15, 0.2) is 0 Å². The van der Waals surface area contributed by atoms with Crippen LogP contribution in [0.5, 0.6) is 0 Å². The molecule has 1 aliphatic rings. The first-order valence-corrected chi connectivity index (χ1v) is 8.25. The maximum atomic E-state index is 14.0. The Labute approximate surface area is 131 Å². The van der Waals surface area contributed by atoms with Gasteiger partial charge in [-0.25, -0.2) is 4.39 Å². The predicted molar refractivity (Wildman–Crippen MR) is 90.8 cm³/mol. The fourth-order valence-corrected chi connectivity index (χ4v) is 4.49. The van der Waals surface area contributed by atoms with E-state index in [0.29, 0.717) is 0 Å². The monoisotopic (exact) mass is 305 g/mol. The lowest BCUT2D eigenvalue weighted by Gasteiger charge is -2.16. The minimum atomic E-state index is -0.128.